The van der Waals surface area contributed by atoms with Crippen LogP contribution in [0.4, 0.5) is 4.79 Å². The molecule has 6 unspecified atom stereocenters. The van der Waals surface area contributed by atoms with Crippen LogP contribution in [0.15, 0.2) is 91.0 Å². The number of amides is 2. The molecule has 0 aliphatic carbocycles. The van der Waals surface area contributed by atoms with E-state index < -0.39 is 42.7 Å². The number of benzene rings is 3. The SMILES string of the molecule is CC(C)C(NC(=O)O)C(=O)NCCCC1OC(CO)C(OCc2ccccc2)C(OCc2ccccc2)C1OCc1ccccc1. The van der Waals surface area contributed by atoms with E-state index in [1.165, 1.54) is 0 Å². The van der Waals surface area contributed by atoms with Crippen molar-refractivity contribution in [3.8, 4) is 0 Å². The first kappa shape index (κ1) is 35.1. The fourth-order valence-corrected chi connectivity index (χ4v) is 5.56. The number of hydrogen-bond donors (Lipinski definition) is 4. The standard InChI is InChI=1S/C36H46N2O8/c1-25(2)31(38-36(41)42)35(40)37-20-12-19-29-32(43-22-26-13-6-3-7-14-26)34(45-24-28-17-10-5-11-18-28)33(30(21-39)46-29)44-23-27-15-8-4-9-16-27/h3-11,13-18,25,29-34,38-39H,12,19-24H2,1-2H3,(H,37,40)(H,41,42). The van der Waals surface area contributed by atoms with Crippen LogP contribution >= 0.6 is 0 Å². The number of aliphatic hydroxyl groups excluding tert-OH is 1. The summed E-state index contributed by atoms with van der Waals surface area (Å²) in [6.07, 6.45) is -3.14. The number of hydrogen-bond acceptors (Lipinski definition) is 7. The molecule has 1 heterocycles. The summed E-state index contributed by atoms with van der Waals surface area (Å²) in [6.45, 7) is 4.54. The Hall–Kier alpha value is -3.80. The number of nitrogens with one attached hydrogen (secondary N) is 2. The predicted molar refractivity (Wildman–Crippen MR) is 173 cm³/mol. The van der Waals surface area contributed by atoms with Crippen molar-refractivity contribution in [1.82, 2.24) is 10.6 Å². The minimum atomic E-state index is -1.25. The lowest BCUT2D eigenvalue weighted by molar-refractivity contribution is -0.271. The van der Waals surface area contributed by atoms with Gasteiger partial charge in [-0.3, -0.25) is 4.79 Å². The molecule has 1 aliphatic rings. The molecule has 1 fully saturated rings. The number of carbonyl (C=O) groups is 2. The van der Waals surface area contributed by atoms with E-state index in [4.69, 9.17) is 24.1 Å². The normalized spacial score (nSPS) is 21.9. The van der Waals surface area contributed by atoms with E-state index in [9.17, 15) is 14.7 Å². The molecule has 6 atom stereocenters. The third-order valence-corrected chi connectivity index (χ3v) is 7.96. The van der Waals surface area contributed by atoms with Crippen LogP contribution in [0.25, 0.3) is 0 Å². The summed E-state index contributed by atoms with van der Waals surface area (Å²) in [5.74, 6) is -0.597. The van der Waals surface area contributed by atoms with Crippen LogP contribution < -0.4 is 10.6 Å². The first-order valence-corrected chi connectivity index (χ1v) is 15.9. The van der Waals surface area contributed by atoms with Gasteiger partial charge in [-0.2, -0.15) is 0 Å². The van der Waals surface area contributed by atoms with Gasteiger partial charge in [-0.1, -0.05) is 105 Å². The van der Waals surface area contributed by atoms with Gasteiger partial charge in [0, 0.05) is 6.54 Å². The lowest BCUT2D eigenvalue weighted by Gasteiger charge is -2.46. The number of aliphatic hydroxyl groups is 1. The second kappa shape index (κ2) is 18.4. The van der Waals surface area contributed by atoms with Crippen molar-refractivity contribution in [2.45, 2.75) is 83.1 Å². The highest BCUT2D eigenvalue weighted by atomic mass is 16.6. The summed E-state index contributed by atoms with van der Waals surface area (Å²) >= 11 is 0. The summed E-state index contributed by atoms with van der Waals surface area (Å²) in [6, 6.07) is 28.6. The predicted octanol–water partition coefficient (Wildman–Crippen LogP) is 4.69. The topological polar surface area (TPSA) is 136 Å². The summed E-state index contributed by atoms with van der Waals surface area (Å²) in [5.41, 5.74) is 2.97. The Morgan fingerprint density at radius 1 is 0.739 bits per heavy atom. The molecule has 0 radical (unpaired) electrons. The summed E-state index contributed by atoms with van der Waals surface area (Å²) in [4.78, 5) is 23.9. The van der Waals surface area contributed by atoms with Crippen molar-refractivity contribution >= 4 is 12.0 Å². The second-order valence-electron chi connectivity index (χ2n) is 11.8. The van der Waals surface area contributed by atoms with Crippen molar-refractivity contribution < 1.29 is 38.7 Å². The summed E-state index contributed by atoms with van der Waals surface area (Å²) in [7, 11) is 0. The van der Waals surface area contributed by atoms with Crippen LogP contribution in [-0.2, 0) is 43.6 Å². The largest absolute Gasteiger partial charge is 0.465 e. The van der Waals surface area contributed by atoms with Gasteiger partial charge in [0.1, 0.15) is 30.5 Å². The Morgan fingerprint density at radius 2 is 1.20 bits per heavy atom. The molecule has 0 spiro atoms. The smallest absolute Gasteiger partial charge is 0.405 e. The molecular weight excluding hydrogens is 588 g/mol. The molecule has 0 aromatic heterocycles. The maximum absolute atomic E-state index is 12.7. The highest BCUT2D eigenvalue weighted by molar-refractivity contribution is 5.85. The van der Waals surface area contributed by atoms with Crippen molar-refractivity contribution in [3.63, 3.8) is 0 Å². The van der Waals surface area contributed by atoms with Crippen LogP contribution in [-0.4, -0.2) is 71.9 Å². The molecule has 10 heteroatoms. The molecule has 0 bridgehead atoms. The monoisotopic (exact) mass is 634 g/mol. The van der Waals surface area contributed by atoms with Crippen molar-refractivity contribution in [2.24, 2.45) is 5.92 Å². The minimum Gasteiger partial charge on any atom is -0.465 e. The molecule has 1 aliphatic heterocycles. The van der Waals surface area contributed by atoms with Crippen LogP contribution in [0.1, 0.15) is 43.4 Å². The van der Waals surface area contributed by atoms with Crippen molar-refractivity contribution in [2.75, 3.05) is 13.2 Å². The zero-order valence-electron chi connectivity index (χ0n) is 26.5. The highest BCUT2D eigenvalue weighted by Gasteiger charge is 2.47. The van der Waals surface area contributed by atoms with Crippen LogP contribution in [0, 0.1) is 5.92 Å². The van der Waals surface area contributed by atoms with E-state index in [1.54, 1.807) is 13.8 Å². The quantitative estimate of drug-likeness (QED) is 0.157. The summed E-state index contributed by atoms with van der Waals surface area (Å²) in [5, 5.41) is 24.8. The Labute approximate surface area is 271 Å². The van der Waals surface area contributed by atoms with Gasteiger partial charge in [-0.25, -0.2) is 4.79 Å². The third-order valence-electron chi connectivity index (χ3n) is 7.96. The lowest BCUT2D eigenvalue weighted by Crippen LogP contribution is -2.61. The number of ether oxygens (including phenoxy) is 4. The van der Waals surface area contributed by atoms with Gasteiger partial charge in [0.25, 0.3) is 0 Å². The number of carbonyl (C=O) groups excluding carboxylic acids is 1. The Kier molecular flexibility index (Phi) is 14.0. The van der Waals surface area contributed by atoms with Crippen molar-refractivity contribution in [1.29, 1.82) is 0 Å². The summed E-state index contributed by atoms with van der Waals surface area (Å²) < 4.78 is 26.1. The molecule has 1 saturated heterocycles. The Morgan fingerprint density at radius 3 is 1.63 bits per heavy atom. The van der Waals surface area contributed by atoms with Crippen LogP contribution in [0.5, 0.6) is 0 Å². The van der Waals surface area contributed by atoms with Gasteiger partial charge in [-0.05, 0) is 35.4 Å². The van der Waals surface area contributed by atoms with Gasteiger partial charge in [-0.15, -0.1) is 0 Å². The van der Waals surface area contributed by atoms with Crippen molar-refractivity contribution in [3.05, 3.63) is 108 Å². The fraction of sp³-hybridized carbons (Fsp3) is 0.444. The van der Waals surface area contributed by atoms with Gasteiger partial charge < -0.3 is 39.8 Å². The molecule has 0 saturated carbocycles. The second-order valence-corrected chi connectivity index (χ2v) is 11.8. The van der Waals surface area contributed by atoms with E-state index in [0.717, 1.165) is 16.7 Å². The van der Waals surface area contributed by atoms with E-state index in [2.05, 4.69) is 10.6 Å². The van der Waals surface area contributed by atoms with Crippen LogP contribution in [0.2, 0.25) is 0 Å². The first-order chi connectivity index (χ1) is 22.4. The molecule has 2 amide bonds. The average Bonchev–Trinajstić information content (AvgIpc) is 3.07. The van der Waals surface area contributed by atoms with Crippen LogP contribution in [0.3, 0.4) is 0 Å². The van der Waals surface area contributed by atoms with Gasteiger partial charge in [0.2, 0.25) is 5.91 Å². The van der Waals surface area contributed by atoms with Gasteiger partial charge >= 0.3 is 6.09 Å². The van der Waals surface area contributed by atoms with E-state index in [-0.39, 0.29) is 18.4 Å². The zero-order valence-corrected chi connectivity index (χ0v) is 26.5. The van der Waals surface area contributed by atoms with E-state index in [1.807, 2.05) is 91.0 Å². The Balaban J connectivity index is 1.53. The molecular formula is C36H46N2O8. The fourth-order valence-electron chi connectivity index (χ4n) is 5.56. The lowest BCUT2D eigenvalue weighted by atomic mass is 9.91. The number of carboxylic acid groups (broad SMARTS) is 1. The maximum Gasteiger partial charge on any atom is 0.405 e. The molecule has 4 N–H and O–H groups in total. The Bertz CT molecular complexity index is 1310. The molecule has 3 aromatic rings. The minimum absolute atomic E-state index is 0.214. The molecule has 4 rings (SSSR count). The zero-order chi connectivity index (χ0) is 32.7. The maximum atomic E-state index is 12.7. The molecule has 248 valence electrons. The van der Waals surface area contributed by atoms with E-state index in [0.29, 0.717) is 39.2 Å². The van der Waals surface area contributed by atoms with Gasteiger partial charge in [0.15, 0.2) is 0 Å². The highest BCUT2D eigenvalue weighted by Crippen LogP contribution is 2.32. The number of rotatable bonds is 17. The van der Waals surface area contributed by atoms with E-state index >= 15 is 0 Å². The first-order valence-electron chi connectivity index (χ1n) is 15.9. The average molecular weight is 635 g/mol. The molecule has 3 aromatic carbocycles. The van der Waals surface area contributed by atoms with Gasteiger partial charge in [0.05, 0.1) is 32.5 Å². The third kappa shape index (κ3) is 10.6. The molecule has 10 nitrogen and oxygen atoms in total. The molecule has 46 heavy (non-hydrogen) atoms.